The van der Waals surface area contributed by atoms with Crippen molar-refractivity contribution in [1.82, 2.24) is 5.32 Å². The van der Waals surface area contributed by atoms with Crippen molar-refractivity contribution in [1.29, 1.82) is 0 Å². The second-order valence-electron chi connectivity index (χ2n) is 5.37. The van der Waals surface area contributed by atoms with E-state index >= 15 is 0 Å². The molecule has 19 heavy (non-hydrogen) atoms. The molecule has 108 valence electrons. The van der Waals surface area contributed by atoms with Crippen molar-refractivity contribution < 1.29 is 5.11 Å². The molecule has 0 bridgehead atoms. The van der Waals surface area contributed by atoms with Crippen LogP contribution < -0.4 is 11.1 Å². The van der Waals surface area contributed by atoms with Crippen LogP contribution >= 0.6 is 0 Å². The number of nitrogens with two attached hydrogens (primary N) is 1. The van der Waals surface area contributed by atoms with E-state index in [1.807, 2.05) is 0 Å². The Labute approximate surface area is 117 Å². The van der Waals surface area contributed by atoms with Crippen molar-refractivity contribution in [2.45, 2.75) is 52.6 Å². The highest BCUT2D eigenvalue weighted by Crippen LogP contribution is 2.22. The van der Waals surface area contributed by atoms with Gasteiger partial charge in [0, 0.05) is 25.2 Å². The van der Waals surface area contributed by atoms with Gasteiger partial charge in [0.2, 0.25) is 0 Å². The first kappa shape index (κ1) is 16.2. The van der Waals surface area contributed by atoms with Gasteiger partial charge in [-0.15, -0.1) is 0 Å². The molecule has 0 aromatic heterocycles. The topological polar surface area (TPSA) is 58.3 Å². The van der Waals surface area contributed by atoms with Crippen molar-refractivity contribution in [3.8, 4) is 0 Å². The molecule has 0 aliphatic heterocycles. The van der Waals surface area contributed by atoms with Gasteiger partial charge in [0.1, 0.15) is 0 Å². The van der Waals surface area contributed by atoms with Gasteiger partial charge in [-0.25, -0.2) is 0 Å². The highest BCUT2D eigenvalue weighted by Gasteiger charge is 2.16. The second-order valence-corrected chi connectivity index (χ2v) is 5.37. The number of hydrogen-bond donors (Lipinski definition) is 3. The molecular weight excluding hydrogens is 236 g/mol. The van der Waals surface area contributed by atoms with Gasteiger partial charge in [-0.1, -0.05) is 19.1 Å². The minimum atomic E-state index is 0.163. The quantitative estimate of drug-likeness (QED) is 0.708. The Bertz CT molecular complexity index is 404. The molecule has 4 N–H and O–H groups in total. The molecule has 3 heteroatoms. The lowest BCUT2D eigenvalue weighted by Gasteiger charge is -2.26. The third-order valence-electron chi connectivity index (χ3n) is 3.90. The minimum Gasteiger partial charge on any atom is -0.396 e. The molecule has 1 rings (SSSR count). The van der Waals surface area contributed by atoms with Crippen LogP contribution in [0.2, 0.25) is 0 Å². The van der Waals surface area contributed by atoms with Crippen molar-refractivity contribution in [3.63, 3.8) is 0 Å². The molecule has 2 unspecified atom stereocenters. The van der Waals surface area contributed by atoms with Crippen LogP contribution in [0.25, 0.3) is 0 Å². The predicted molar refractivity (Wildman–Crippen MR) is 81.4 cm³/mol. The zero-order chi connectivity index (χ0) is 14.4. The highest BCUT2D eigenvalue weighted by atomic mass is 16.3. The van der Waals surface area contributed by atoms with Gasteiger partial charge in [-0.2, -0.15) is 0 Å². The number of aliphatic hydroxyl groups is 1. The normalized spacial score (nSPS) is 14.4. The van der Waals surface area contributed by atoms with E-state index in [0.717, 1.165) is 12.8 Å². The van der Waals surface area contributed by atoms with Crippen molar-refractivity contribution in [3.05, 3.63) is 34.4 Å². The lowest BCUT2D eigenvalue weighted by Crippen LogP contribution is -2.37. The lowest BCUT2D eigenvalue weighted by atomic mass is 9.95. The minimum absolute atomic E-state index is 0.163. The molecule has 0 radical (unpaired) electrons. The van der Waals surface area contributed by atoms with Crippen LogP contribution in [-0.2, 0) is 0 Å². The molecule has 0 saturated carbocycles. The molecule has 1 aromatic carbocycles. The highest BCUT2D eigenvalue weighted by molar-refractivity contribution is 5.38. The Morgan fingerprint density at radius 2 is 1.79 bits per heavy atom. The standard InChI is InChI=1S/C16H28N2O/c1-5-14(6-7-19)18-16(10-17)15-9-12(3)11(2)8-13(15)4/h8-9,14,16,18-19H,5-7,10,17H2,1-4H3. The smallest absolute Gasteiger partial charge is 0.0449 e. The fourth-order valence-electron chi connectivity index (χ4n) is 2.49. The van der Waals surface area contributed by atoms with Gasteiger partial charge in [0.25, 0.3) is 0 Å². The monoisotopic (exact) mass is 264 g/mol. The summed E-state index contributed by atoms with van der Waals surface area (Å²) in [5.41, 5.74) is 11.1. The first-order valence-corrected chi connectivity index (χ1v) is 7.18. The fourth-order valence-corrected chi connectivity index (χ4v) is 2.49. The molecular formula is C16H28N2O. The van der Waals surface area contributed by atoms with Gasteiger partial charge in [-0.3, -0.25) is 0 Å². The summed E-state index contributed by atoms with van der Waals surface area (Å²) < 4.78 is 0. The molecule has 3 nitrogen and oxygen atoms in total. The zero-order valence-corrected chi connectivity index (χ0v) is 12.7. The number of rotatable bonds is 7. The summed E-state index contributed by atoms with van der Waals surface area (Å²) in [6, 6.07) is 4.94. The molecule has 0 saturated heterocycles. The van der Waals surface area contributed by atoms with Crippen LogP contribution in [-0.4, -0.2) is 24.3 Å². The van der Waals surface area contributed by atoms with Gasteiger partial charge in [-0.05, 0) is 55.9 Å². The van der Waals surface area contributed by atoms with Crippen molar-refractivity contribution in [2.75, 3.05) is 13.2 Å². The summed E-state index contributed by atoms with van der Waals surface area (Å²) in [6.45, 7) is 9.34. The molecule has 0 fully saturated rings. The molecule has 0 heterocycles. The first-order chi connectivity index (χ1) is 9.03. The Hall–Kier alpha value is -0.900. The Kier molecular flexibility index (Phi) is 6.49. The van der Waals surface area contributed by atoms with E-state index in [9.17, 15) is 0 Å². The van der Waals surface area contributed by atoms with Crippen LogP contribution in [0.5, 0.6) is 0 Å². The first-order valence-electron chi connectivity index (χ1n) is 7.18. The zero-order valence-electron chi connectivity index (χ0n) is 12.7. The fraction of sp³-hybridized carbons (Fsp3) is 0.625. The molecule has 1 aromatic rings. The summed E-state index contributed by atoms with van der Waals surface area (Å²) in [7, 11) is 0. The van der Waals surface area contributed by atoms with E-state index in [4.69, 9.17) is 10.8 Å². The van der Waals surface area contributed by atoms with Crippen LogP contribution in [0.4, 0.5) is 0 Å². The predicted octanol–water partition coefficient (Wildman–Crippen LogP) is 2.36. The van der Waals surface area contributed by atoms with E-state index in [2.05, 4.69) is 45.1 Å². The Balaban J connectivity index is 2.93. The van der Waals surface area contributed by atoms with E-state index in [1.165, 1.54) is 22.3 Å². The van der Waals surface area contributed by atoms with Gasteiger partial charge in [0.05, 0.1) is 0 Å². The lowest BCUT2D eigenvalue weighted by molar-refractivity contribution is 0.255. The maximum absolute atomic E-state index is 9.09. The summed E-state index contributed by atoms with van der Waals surface area (Å²) in [5, 5.41) is 12.7. The molecule has 0 spiro atoms. The number of hydrogen-bond acceptors (Lipinski definition) is 3. The van der Waals surface area contributed by atoms with Gasteiger partial charge in [0.15, 0.2) is 0 Å². The van der Waals surface area contributed by atoms with Crippen LogP contribution in [0.15, 0.2) is 12.1 Å². The Morgan fingerprint density at radius 3 is 2.32 bits per heavy atom. The van der Waals surface area contributed by atoms with Gasteiger partial charge >= 0.3 is 0 Å². The van der Waals surface area contributed by atoms with Crippen molar-refractivity contribution in [2.24, 2.45) is 5.73 Å². The Morgan fingerprint density at radius 1 is 1.16 bits per heavy atom. The van der Waals surface area contributed by atoms with E-state index in [-0.39, 0.29) is 12.6 Å². The van der Waals surface area contributed by atoms with Crippen LogP contribution in [0, 0.1) is 20.8 Å². The third-order valence-corrected chi connectivity index (χ3v) is 3.90. The molecule has 2 atom stereocenters. The average Bonchev–Trinajstić information content (AvgIpc) is 2.39. The molecule has 0 amide bonds. The van der Waals surface area contributed by atoms with Crippen molar-refractivity contribution >= 4 is 0 Å². The van der Waals surface area contributed by atoms with E-state index in [0.29, 0.717) is 12.6 Å². The third kappa shape index (κ3) is 4.30. The summed E-state index contributed by atoms with van der Waals surface area (Å²) in [4.78, 5) is 0. The van der Waals surface area contributed by atoms with Gasteiger partial charge < -0.3 is 16.2 Å². The van der Waals surface area contributed by atoms with E-state index < -0.39 is 0 Å². The van der Waals surface area contributed by atoms with Crippen LogP contribution in [0.1, 0.15) is 48.1 Å². The van der Waals surface area contributed by atoms with E-state index in [1.54, 1.807) is 0 Å². The van der Waals surface area contributed by atoms with Crippen LogP contribution in [0.3, 0.4) is 0 Å². The maximum Gasteiger partial charge on any atom is 0.0449 e. The summed E-state index contributed by atoms with van der Waals surface area (Å²) in [6.07, 6.45) is 1.78. The number of aliphatic hydroxyl groups excluding tert-OH is 1. The summed E-state index contributed by atoms with van der Waals surface area (Å²) >= 11 is 0. The molecule has 0 aliphatic carbocycles. The largest absolute Gasteiger partial charge is 0.396 e. The maximum atomic E-state index is 9.09. The summed E-state index contributed by atoms with van der Waals surface area (Å²) in [5.74, 6) is 0. The molecule has 0 aliphatic rings. The number of benzene rings is 1. The number of aryl methyl sites for hydroxylation is 3. The number of nitrogens with one attached hydrogen (secondary N) is 1. The SMILES string of the molecule is CCC(CCO)NC(CN)c1cc(C)c(C)cc1C. The average molecular weight is 264 g/mol. The second kappa shape index (κ2) is 7.63.